The second-order valence-electron chi connectivity index (χ2n) is 6.21. The van der Waals surface area contributed by atoms with Gasteiger partial charge in [-0.25, -0.2) is 4.68 Å². The predicted molar refractivity (Wildman–Crippen MR) is 91.5 cm³/mol. The van der Waals surface area contributed by atoms with Gasteiger partial charge >= 0.3 is 0 Å². The molecule has 0 unspecified atom stereocenters. The van der Waals surface area contributed by atoms with Gasteiger partial charge in [0, 0.05) is 24.0 Å². The first-order chi connectivity index (χ1) is 11.0. The summed E-state index contributed by atoms with van der Waals surface area (Å²) in [6.45, 7) is 5.76. The van der Waals surface area contributed by atoms with Crippen LogP contribution < -0.4 is 5.56 Å². The van der Waals surface area contributed by atoms with Crippen LogP contribution in [0.3, 0.4) is 0 Å². The third kappa shape index (κ3) is 3.69. The van der Waals surface area contributed by atoms with Crippen molar-refractivity contribution in [3.63, 3.8) is 0 Å². The first-order valence-corrected chi connectivity index (χ1v) is 8.77. The van der Waals surface area contributed by atoms with Gasteiger partial charge in [0.15, 0.2) is 0 Å². The van der Waals surface area contributed by atoms with E-state index >= 15 is 0 Å². The van der Waals surface area contributed by atoms with Gasteiger partial charge in [-0.2, -0.15) is 5.10 Å². The summed E-state index contributed by atoms with van der Waals surface area (Å²) < 4.78 is 1.28. The molecule has 3 rings (SSSR count). The van der Waals surface area contributed by atoms with Crippen LogP contribution in [0.5, 0.6) is 0 Å². The lowest BCUT2D eigenvalue weighted by molar-refractivity contribution is -0.133. The molecule has 0 saturated carbocycles. The highest BCUT2D eigenvalue weighted by atomic mass is 32.1. The minimum absolute atomic E-state index is 0.0176. The van der Waals surface area contributed by atoms with Crippen molar-refractivity contribution in [3.8, 4) is 10.6 Å². The molecule has 1 saturated heterocycles. The maximum Gasteiger partial charge on any atom is 0.267 e. The largest absolute Gasteiger partial charge is 0.341 e. The Kier molecular flexibility index (Phi) is 4.61. The van der Waals surface area contributed by atoms with Crippen molar-refractivity contribution in [3.05, 3.63) is 39.5 Å². The van der Waals surface area contributed by atoms with E-state index in [-0.39, 0.29) is 18.0 Å². The van der Waals surface area contributed by atoms with E-state index in [9.17, 15) is 9.59 Å². The molecule has 122 valence electrons. The molecular weight excluding hydrogens is 310 g/mol. The normalized spacial score (nSPS) is 18.2. The van der Waals surface area contributed by atoms with Crippen LogP contribution >= 0.6 is 11.3 Å². The fourth-order valence-electron chi connectivity index (χ4n) is 2.91. The lowest BCUT2D eigenvalue weighted by Crippen LogP contribution is -2.42. The second kappa shape index (κ2) is 6.66. The van der Waals surface area contributed by atoms with E-state index in [0.717, 1.165) is 36.5 Å². The molecule has 1 amide bonds. The number of thiophene rings is 1. The number of likely N-dealkylation sites (tertiary alicyclic amines) is 1. The third-order valence-electron chi connectivity index (χ3n) is 4.15. The number of aromatic nitrogens is 2. The second-order valence-corrected chi connectivity index (χ2v) is 7.50. The summed E-state index contributed by atoms with van der Waals surface area (Å²) in [6.07, 6.45) is 2.19. The zero-order valence-electron chi connectivity index (χ0n) is 13.5. The molecule has 23 heavy (non-hydrogen) atoms. The smallest absolute Gasteiger partial charge is 0.267 e. The quantitative estimate of drug-likeness (QED) is 0.868. The Balaban J connectivity index is 1.79. The monoisotopic (exact) mass is 331 g/mol. The van der Waals surface area contributed by atoms with Gasteiger partial charge in [0.1, 0.15) is 12.2 Å². The number of nitrogens with zero attached hydrogens (tertiary/aromatic N) is 3. The highest BCUT2D eigenvalue weighted by molar-refractivity contribution is 7.15. The van der Waals surface area contributed by atoms with Crippen molar-refractivity contribution in [2.75, 3.05) is 13.1 Å². The SMILES string of the molecule is Cc1ccc(-c2ccc(=O)n(CC(=O)N3CCC[C@@H](C)C3)n2)s1. The lowest BCUT2D eigenvalue weighted by atomic mass is 10.0. The van der Waals surface area contributed by atoms with Crippen molar-refractivity contribution in [1.82, 2.24) is 14.7 Å². The molecule has 0 spiro atoms. The van der Waals surface area contributed by atoms with Gasteiger partial charge in [0.2, 0.25) is 5.91 Å². The maximum absolute atomic E-state index is 12.4. The first kappa shape index (κ1) is 15.9. The molecule has 5 nitrogen and oxygen atoms in total. The molecule has 0 N–H and O–H groups in total. The molecule has 1 fully saturated rings. The zero-order valence-corrected chi connectivity index (χ0v) is 14.3. The molecule has 3 heterocycles. The van der Waals surface area contributed by atoms with E-state index in [4.69, 9.17) is 0 Å². The van der Waals surface area contributed by atoms with E-state index in [1.54, 1.807) is 17.4 Å². The third-order valence-corrected chi connectivity index (χ3v) is 5.18. The van der Waals surface area contributed by atoms with Crippen molar-refractivity contribution >= 4 is 17.2 Å². The number of piperidine rings is 1. The first-order valence-electron chi connectivity index (χ1n) is 7.95. The molecule has 0 bridgehead atoms. The van der Waals surface area contributed by atoms with Crippen LogP contribution in [-0.2, 0) is 11.3 Å². The Morgan fingerprint density at radius 1 is 1.35 bits per heavy atom. The fraction of sp³-hybridized carbons (Fsp3) is 0.471. The van der Waals surface area contributed by atoms with Crippen LogP contribution in [0.2, 0.25) is 0 Å². The van der Waals surface area contributed by atoms with Gasteiger partial charge in [0.05, 0.1) is 4.88 Å². The topological polar surface area (TPSA) is 55.2 Å². The maximum atomic E-state index is 12.4. The number of hydrogen-bond acceptors (Lipinski definition) is 4. The highest BCUT2D eigenvalue weighted by Crippen LogP contribution is 2.25. The molecular formula is C17H21N3O2S. The number of hydrogen-bond donors (Lipinski definition) is 0. The molecule has 1 aliphatic heterocycles. The number of carbonyl (C=O) groups is 1. The fourth-order valence-corrected chi connectivity index (χ4v) is 3.74. The van der Waals surface area contributed by atoms with E-state index in [0.29, 0.717) is 5.92 Å². The van der Waals surface area contributed by atoms with Crippen molar-refractivity contribution in [2.24, 2.45) is 5.92 Å². The summed E-state index contributed by atoms with van der Waals surface area (Å²) in [5.74, 6) is 0.503. The van der Waals surface area contributed by atoms with Crippen LogP contribution in [0.4, 0.5) is 0 Å². The van der Waals surface area contributed by atoms with Gasteiger partial charge in [-0.05, 0) is 43.9 Å². The molecule has 0 radical (unpaired) electrons. The Morgan fingerprint density at radius 3 is 2.87 bits per heavy atom. The summed E-state index contributed by atoms with van der Waals surface area (Å²) in [5, 5.41) is 4.38. The van der Waals surface area contributed by atoms with Crippen molar-refractivity contribution < 1.29 is 4.79 Å². The Hall–Kier alpha value is -1.95. The average Bonchev–Trinajstić information content (AvgIpc) is 2.96. The number of rotatable bonds is 3. The lowest BCUT2D eigenvalue weighted by Gasteiger charge is -2.30. The van der Waals surface area contributed by atoms with Crippen LogP contribution in [-0.4, -0.2) is 33.7 Å². The molecule has 2 aromatic rings. The van der Waals surface area contributed by atoms with Crippen molar-refractivity contribution in [2.45, 2.75) is 33.2 Å². The average molecular weight is 331 g/mol. The van der Waals surface area contributed by atoms with Crippen molar-refractivity contribution in [1.29, 1.82) is 0 Å². The van der Waals surface area contributed by atoms with Gasteiger partial charge in [-0.15, -0.1) is 11.3 Å². The van der Waals surface area contributed by atoms with Gasteiger partial charge < -0.3 is 4.90 Å². The highest BCUT2D eigenvalue weighted by Gasteiger charge is 2.21. The summed E-state index contributed by atoms with van der Waals surface area (Å²) in [7, 11) is 0. The summed E-state index contributed by atoms with van der Waals surface area (Å²) in [5.41, 5.74) is 0.503. The zero-order chi connectivity index (χ0) is 16.4. The molecule has 2 aromatic heterocycles. The van der Waals surface area contributed by atoms with Gasteiger partial charge in [-0.3, -0.25) is 9.59 Å². The van der Waals surface area contributed by atoms with E-state index < -0.39 is 0 Å². The summed E-state index contributed by atoms with van der Waals surface area (Å²) >= 11 is 1.63. The molecule has 1 aliphatic rings. The van der Waals surface area contributed by atoms with E-state index in [1.807, 2.05) is 24.0 Å². The van der Waals surface area contributed by atoms with E-state index in [1.165, 1.54) is 15.6 Å². The summed E-state index contributed by atoms with van der Waals surface area (Å²) in [6, 6.07) is 7.23. The number of amides is 1. The van der Waals surface area contributed by atoms with Gasteiger partial charge in [0.25, 0.3) is 5.56 Å². The van der Waals surface area contributed by atoms with E-state index in [2.05, 4.69) is 12.0 Å². The Bertz CT molecular complexity index is 765. The molecule has 6 heteroatoms. The van der Waals surface area contributed by atoms with Crippen LogP contribution in [0.25, 0.3) is 10.6 Å². The predicted octanol–water partition coefficient (Wildman–Crippen LogP) is 2.54. The summed E-state index contributed by atoms with van der Waals surface area (Å²) in [4.78, 5) is 28.5. The van der Waals surface area contributed by atoms with Gasteiger partial charge in [-0.1, -0.05) is 6.92 Å². The molecule has 0 aromatic carbocycles. The molecule has 1 atom stereocenters. The standard InChI is InChI=1S/C17H21N3O2S/c1-12-4-3-9-19(10-12)17(22)11-20-16(21)8-6-14(18-20)15-7-5-13(2)23-15/h5-8,12H,3-4,9-11H2,1-2H3/t12-/m1/s1. The Labute approximate surface area is 139 Å². The minimum Gasteiger partial charge on any atom is -0.341 e. The van der Waals surface area contributed by atoms with Crippen LogP contribution in [0, 0.1) is 12.8 Å². The molecule has 0 aliphatic carbocycles. The van der Waals surface area contributed by atoms with Crippen LogP contribution in [0.15, 0.2) is 29.1 Å². The number of carbonyl (C=O) groups excluding carboxylic acids is 1. The Morgan fingerprint density at radius 2 is 2.17 bits per heavy atom. The van der Waals surface area contributed by atoms with Crippen LogP contribution in [0.1, 0.15) is 24.6 Å². The minimum atomic E-state index is -0.236. The number of aryl methyl sites for hydroxylation is 1.